The molecule has 0 unspecified atom stereocenters. The molecule has 0 atom stereocenters. The van der Waals surface area contributed by atoms with Crippen molar-refractivity contribution in [1.29, 1.82) is 0 Å². The lowest BCUT2D eigenvalue weighted by Crippen LogP contribution is -2.20. The summed E-state index contributed by atoms with van der Waals surface area (Å²) in [6.07, 6.45) is 3.00. The van der Waals surface area contributed by atoms with Crippen LogP contribution < -0.4 is 11.0 Å². The average Bonchev–Trinajstić information content (AvgIpc) is 2.37. The maximum atomic E-state index is 11.7. The van der Waals surface area contributed by atoms with Gasteiger partial charge in [-0.15, -0.1) is 0 Å². The first-order valence-electron chi connectivity index (χ1n) is 6.04. The number of aromatic hydroxyl groups is 1. The highest BCUT2D eigenvalue weighted by Gasteiger charge is 2.10. The van der Waals surface area contributed by atoms with Gasteiger partial charge < -0.3 is 15.6 Å². The van der Waals surface area contributed by atoms with Gasteiger partial charge in [-0.1, -0.05) is 13.3 Å². The molecule has 1 aromatic heterocycles. The lowest BCUT2D eigenvalue weighted by Gasteiger charge is -2.10. The van der Waals surface area contributed by atoms with Crippen LogP contribution in [-0.2, 0) is 6.54 Å². The second-order valence-corrected chi connectivity index (χ2v) is 4.28. The molecule has 1 rings (SSSR count). The fraction of sp³-hybridized carbons (Fsp3) is 0.545. The zero-order valence-electron chi connectivity index (χ0n) is 10.7. The van der Waals surface area contributed by atoms with Gasteiger partial charge >= 0.3 is 0 Å². The molecule has 0 aliphatic heterocycles. The Morgan fingerprint density at radius 1 is 1.58 bits per heavy atom. The third-order valence-electron chi connectivity index (χ3n) is 2.45. The fourth-order valence-corrected chi connectivity index (χ4v) is 1.71. The molecular formula is C11H18N4O3S. The second-order valence-electron chi connectivity index (χ2n) is 3.89. The number of nitrogens with zero attached hydrogens (tertiary/aromatic N) is 2. The molecule has 0 aliphatic rings. The molecule has 0 amide bonds. The molecule has 19 heavy (non-hydrogen) atoms. The molecule has 0 aromatic carbocycles. The zero-order valence-corrected chi connectivity index (χ0v) is 11.5. The topological polar surface area (TPSA) is 103 Å². The predicted molar refractivity (Wildman–Crippen MR) is 75.1 cm³/mol. The molecule has 0 saturated carbocycles. The molecule has 0 saturated heterocycles. The van der Waals surface area contributed by atoms with E-state index in [1.54, 1.807) is 0 Å². The van der Waals surface area contributed by atoms with Gasteiger partial charge in [-0.3, -0.25) is 14.3 Å². The molecule has 4 N–H and O–H groups in total. The number of aromatic nitrogens is 2. The number of aromatic amines is 1. The SMILES string of the molecule is CCCCn1c(O)c(/C=N/NCCO)c(=O)[nH]c1=S. The van der Waals surface area contributed by atoms with Crippen LogP contribution in [-0.4, -0.2) is 39.1 Å². The summed E-state index contributed by atoms with van der Waals surface area (Å²) in [6.45, 7) is 2.75. The van der Waals surface area contributed by atoms with Crippen molar-refractivity contribution in [2.75, 3.05) is 13.2 Å². The minimum Gasteiger partial charge on any atom is -0.494 e. The Bertz CT molecular complexity index is 550. The Labute approximate surface area is 115 Å². The van der Waals surface area contributed by atoms with Crippen molar-refractivity contribution in [3.63, 3.8) is 0 Å². The van der Waals surface area contributed by atoms with E-state index >= 15 is 0 Å². The van der Waals surface area contributed by atoms with Gasteiger partial charge in [0.25, 0.3) is 5.56 Å². The van der Waals surface area contributed by atoms with Gasteiger partial charge in [0, 0.05) is 6.54 Å². The molecule has 1 heterocycles. The van der Waals surface area contributed by atoms with Crippen molar-refractivity contribution in [3.8, 4) is 5.88 Å². The van der Waals surface area contributed by atoms with Gasteiger partial charge in [-0.25, -0.2) is 0 Å². The van der Waals surface area contributed by atoms with Crippen LogP contribution in [0.15, 0.2) is 9.90 Å². The first-order valence-corrected chi connectivity index (χ1v) is 6.45. The number of hydrogen-bond donors (Lipinski definition) is 4. The lowest BCUT2D eigenvalue weighted by atomic mass is 10.3. The van der Waals surface area contributed by atoms with Crippen molar-refractivity contribution in [3.05, 3.63) is 20.7 Å². The Balaban J connectivity index is 3.07. The third-order valence-corrected chi connectivity index (χ3v) is 2.77. The monoisotopic (exact) mass is 286 g/mol. The quantitative estimate of drug-likeness (QED) is 0.250. The van der Waals surface area contributed by atoms with E-state index in [0.717, 1.165) is 12.8 Å². The Morgan fingerprint density at radius 3 is 2.95 bits per heavy atom. The van der Waals surface area contributed by atoms with Crippen molar-refractivity contribution in [1.82, 2.24) is 15.0 Å². The summed E-state index contributed by atoms with van der Waals surface area (Å²) in [5, 5.41) is 22.4. The fourth-order valence-electron chi connectivity index (χ4n) is 1.44. The maximum absolute atomic E-state index is 11.7. The minimum absolute atomic E-state index is 0.0372. The molecule has 8 heteroatoms. The Morgan fingerprint density at radius 2 is 2.32 bits per heavy atom. The van der Waals surface area contributed by atoms with E-state index < -0.39 is 5.56 Å². The standard InChI is InChI=1S/C11H18N4O3S/c1-2-3-5-15-10(18)8(7-13-12-4-6-16)9(17)14-11(15)19/h7,12,16,18H,2-6H2,1H3,(H,14,17,19)/b13-7+. The molecule has 0 bridgehead atoms. The number of hydrazone groups is 1. The van der Waals surface area contributed by atoms with Crippen LogP contribution in [0.4, 0.5) is 0 Å². The van der Waals surface area contributed by atoms with Crippen LogP contribution in [0.1, 0.15) is 25.3 Å². The number of aliphatic hydroxyl groups is 1. The van der Waals surface area contributed by atoms with Gasteiger partial charge in [0.1, 0.15) is 5.56 Å². The zero-order chi connectivity index (χ0) is 14.3. The van der Waals surface area contributed by atoms with Gasteiger partial charge in [-0.05, 0) is 18.6 Å². The lowest BCUT2D eigenvalue weighted by molar-refractivity contribution is 0.294. The molecule has 0 aliphatic carbocycles. The highest BCUT2D eigenvalue weighted by Crippen LogP contribution is 2.12. The van der Waals surface area contributed by atoms with Crippen LogP contribution in [0, 0.1) is 4.77 Å². The predicted octanol–water partition coefficient (Wildman–Crippen LogP) is 0.327. The summed E-state index contributed by atoms with van der Waals surface area (Å²) in [5.74, 6) is -0.197. The number of nitrogens with one attached hydrogen (secondary N) is 2. The second kappa shape index (κ2) is 7.70. The van der Waals surface area contributed by atoms with Crippen molar-refractivity contribution < 1.29 is 10.2 Å². The number of rotatable bonds is 7. The van der Waals surface area contributed by atoms with E-state index in [0.29, 0.717) is 6.54 Å². The number of H-pyrrole nitrogens is 1. The largest absolute Gasteiger partial charge is 0.494 e. The average molecular weight is 286 g/mol. The van der Waals surface area contributed by atoms with E-state index in [1.807, 2.05) is 6.92 Å². The van der Waals surface area contributed by atoms with Crippen LogP contribution >= 0.6 is 12.2 Å². The molecular weight excluding hydrogens is 268 g/mol. The number of unbranched alkanes of at least 4 members (excludes halogenated alkanes) is 1. The number of aliphatic hydroxyl groups excluding tert-OH is 1. The molecule has 7 nitrogen and oxygen atoms in total. The van der Waals surface area contributed by atoms with E-state index in [1.165, 1.54) is 10.8 Å². The van der Waals surface area contributed by atoms with Crippen LogP contribution in [0.2, 0.25) is 0 Å². The summed E-state index contributed by atoms with van der Waals surface area (Å²) in [4.78, 5) is 14.2. The maximum Gasteiger partial charge on any atom is 0.264 e. The van der Waals surface area contributed by atoms with E-state index in [9.17, 15) is 9.90 Å². The highest BCUT2D eigenvalue weighted by atomic mass is 32.1. The van der Waals surface area contributed by atoms with Crippen LogP contribution in [0.3, 0.4) is 0 Å². The molecule has 0 spiro atoms. The smallest absolute Gasteiger partial charge is 0.264 e. The summed E-state index contributed by atoms with van der Waals surface area (Å²) in [5.41, 5.74) is 2.08. The van der Waals surface area contributed by atoms with Gasteiger partial charge in [0.15, 0.2) is 4.77 Å². The van der Waals surface area contributed by atoms with Crippen molar-refractivity contribution >= 4 is 18.4 Å². The summed E-state index contributed by atoms with van der Waals surface area (Å²) >= 11 is 5.01. The van der Waals surface area contributed by atoms with Gasteiger partial charge in [0.05, 0.1) is 19.4 Å². The summed E-state index contributed by atoms with van der Waals surface area (Å²) < 4.78 is 1.66. The number of hydrogen-bond acceptors (Lipinski definition) is 6. The highest BCUT2D eigenvalue weighted by molar-refractivity contribution is 7.71. The Hall–Kier alpha value is -1.67. The first-order chi connectivity index (χ1) is 9.11. The third kappa shape index (κ3) is 4.18. The normalized spacial score (nSPS) is 11.1. The summed E-state index contributed by atoms with van der Waals surface area (Å²) in [7, 11) is 0. The molecule has 0 fully saturated rings. The molecule has 106 valence electrons. The van der Waals surface area contributed by atoms with Crippen LogP contribution in [0.5, 0.6) is 5.88 Å². The molecule has 1 aromatic rings. The van der Waals surface area contributed by atoms with E-state index in [-0.39, 0.29) is 29.4 Å². The van der Waals surface area contributed by atoms with Gasteiger partial charge in [-0.2, -0.15) is 5.10 Å². The molecule has 0 radical (unpaired) electrons. The van der Waals surface area contributed by atoms with E-state index in [4.69, 9.17) is 17.3 Å². The Kier molecular flexibility index (Phi) is 6.23. The summed E-state index contributed by atoms with van der Waals surface area (Å²) in [6, 6.07) is 0. The van der Waals surface area contributed by atoms with Gasteiger partial charge in [0.2, 0.25) is 5.88 Å². The van der Waals surface area contributed by atoms with Crippen molar-refractivity contribution in [2.24, 2.45) is 5.10 Å². The van der Waals surface area contributed by atoms with Crippen LogP contribution in [0.25, 0.3) is 0 Å². The van der Waals surface area contributed by atoms with Crippen molar-refractivity contribution in [2.45, 2.75) is 26.3 Å². The van der Waals surface area contributed by atoms with E-state index in [2.05, 4.69) is 15.5 Å². The first kappa shape index (κ1) is 15.4. The minimum atomic E-state index is -0.496.